The van der Waals surface area contributed by atoms with Gasteiger partial charge in [-0.15, -0.1) is 5.10 Å². The molecule has 0 amide bonds. The van der Waals surface area contributed by atoms with E-state index in [0.717, 1.165) is 23.6 Å². The van der Waals surface area contributed by atoms with E-state index in [4.69, 9.17) is 10.5 Å². The minimum absolute atomic E-state index is 0.00922. The molecule has 0 aromatic carbocycles. The van der Waals surface area contributed by atoms with Gasteiger partial charge in [-0.1, -0.05) is 32.2 Å². The molecule has 0 aliphatic carbocycles. The standard InChI is InChI=1S/C11H21N3OS/c1-5-6-15-7-8(12)9-10(11(2,3)4)13-14-16-9/h8H,5-7,12H2,1-4H3. The minimum atomic E-state index is -0.110. The van der Waals surface area contributed by atoms with Crippen molar-refractivity contribution in [3.8, 4) is 0 Å². The van der Waals surface area contributed by atoms with Crippen molar-refractivity contribution in [1.29, 1.82) is 0 Å². The first-order chi connectivity index (χ1) is 7.46. The summed E-state index contributed by atoms with van der Waals surface area (Å²) in [7, 11) is 0. The van der Waals surface area contributed by atoms with Crippen molar-refractivity contribution in [2.45, 2.75) is 45.6 Å². The van der Waals surface area contributed by atoms with Crippen LogP contribution in [0.1, 0.15) is 50.7 Å². The second-order valence-corrected chi connectivity index (χ2v) is 5.70. The zero-order valence-corrected chi connectivity index (χ0v) is 11.3. The maximum absolute atomic E-state index is 6.08. The molecule has 16 heavy (non-hydrogen) atoms. The number of aromatic nitrogens is 2. The highest BCUT2D eigenvalue weighted by Crippen LogP contribution is 2.29. The largest absolute Gasteiger partial charge is 0.379 e. The van der Waals surface area contributed by atoms with Crippen molar-refractivity contribution in [3.05, 3.63) is 10.6 Å². The number of ether oxygens (including phenoxy) is 1. The summed E-state index contributed by atoms with van der Waals surface area (Å²) in [4.78, 5) is 1.05. The van der Waals surface area contributed by atoms with Crippen LogP contribution >= 0.6 is 11.5 Å². The Bertz CT molecular complexity index is 319. The Hall–Kier alpha value is -0.520. The summed E-state index contributed by atoms with van der Waals surface area (Å²) in [5.74, 6) is 0. The van der Waals surface area contributed by atoms with E-state index in [2.05, 4.69) is 37.3 Å². The van der Waals surface area contributed by atoms with Crippen molar-refractivity contribution in [2.75, 3.05) is 13.2 Å². The molecule has 1 heterocycles. The van der Waals surface area contributed by atoms with Gasteiger partial charge in [0.05, 0.1) is 23.2 Å². The molecule has 0 aliphatic heterocycles. The third kappa shape index (κ3) is 3.50. The molecule has 0 radical (unpaired) electrons. The van der Waals surface area contributed by atoms with Crippen molar-refractivity contribution in [3.63, 3.8) is 0 Å². The summed E-state index contributed by atoms with van der Waals surface area (Å²) in [5.41, 5.74) is 7.06. The van der Waals surface area contributed by atoms with E-state index >= 15 is 0 Å². The SMILES string of the molecule is CCCOCC(N)c1snnc1C(C)(C)C. The Kier molecular flexibility index (Phi) is 4.83. The third-order valence-electron chi connectivity index (χ3n) is 2.21. The van der Waals surface area contributed by atoms with Crippen LogP contribution in [0.25, 0.3) is 0 Å². The van der Waals surface area contributed by atoms with Crippen LogP contribution in [0.15, 0.2) is 0 Å². The smallest absolute Gasteiger partial charge is 0.0857 e. The van der Waals surface area contributed by atoms with Crippen molar-refractivity contribution >= 4 is 11.5 Å². The van der Waals surface area contributed by atoms with Crippen molar-refractivity contribution < 1.29 is 4.74 Å². The highest BCUT2D eigenvalue weighted by molar-refractivity contribution is 7.05. The topological polar surface area (TPSA) is 61.0 Å². The molecule has 2 N–H and O–H groups in total. The highest BCUT2D eigenvalue weighted by Gasteiger charge is 2.25. The second-order valence-electron chi connectivity index (χ2n) is 4.92. The summed E-state index contributed by atoms with van der Waals surface area (Å²) >= 11 is 1.38. The fourth-order valence-electron chi connectivity index (χ4n) is 1.39. The average Bonchev–Trinajstić information content (AvgIpc) is 2.65. The molecule has 4 nitrogen and oxygen atoms in total. The van der Waals surface area contributed by atoms with Crippen LogP contribution in [0.5, 0.6) is 0 Å². The molecule has 0 saturated heterocycles. The van der Waals surface area contributed by atoms with Gasteiger partial charge in [0.2, 0.25) is 0 Å². The number of nitrogens with two attached hydrogens (primary N) is 1. The molecule has 0 aliphatic rings. The van der Waals surface area contributed by atoms with Crippen LogP contribution in [0.3, 0.4) is 0 Å². The lowest BCUT2D eigenvalue weighted by molar-refractivity contribution is 0.122. The first-order valence-corrected chi connectivity index (χ1v) is 6.40. The number of nitrogens with zero attached hydrogens (tertiary/aromatic N) is 2. The van der Waals surface area contributed by atoms with Gasteiger partial charge >= 0.3 is 0 Å². The van der Waals surface area contributed by atoms with Gasteiger partial charge in [0.25, 0.3) is 0 Å². The van der Waals surface area contributed by atoms with E-state index in [1.54, 1.807) is 0 Å². The molecule has 0 bridgehead atoms. The average molecular weight is 243 g/mol. The first-order valence-electron chi connectivity index (χ1n) is 5.63. The van der Waals surface area contributed by atoms with Crippen LogP contribution in [0.4, 0.5) is 0 Å². The molecule has 1 aromatic rings. The summed E-state index contributed by atoms with van der Waals surface area (Å²) < 4.78 is 9.46. The minimum Gasteiger partial charge on any atom is -0.379 e. The normalized spacial score (nSPS) is 14.1. The van der Waals surface area contributed by atoms with Crippen LogP contribution in [0, 0.1) is 0 Å². The molecule has 92 valence electrons. The fourth-order valence-corrected chi connectivity index (χ4v) is 2.24. The van der Waals surface area contributed by atoms with E-state index in [1.165, 1.54) is 11.5 Å². The number of rotatable bonds is 5. The summed E-state index contributed by atoms with van der Waals surface area (Å²) in [6, 6.07) is -0.110. The maximum atomic E-state index is 6.08. The van der Waals surface area contributed by atoms with E-state index in [9.17, 15) is 0 Å². The molecular weight excluding hydrogens is 222 g/mol. The zero-order chi connectivity index (χ0) is 12.2. The zero-order valence-electron chi connectivity index (χ0n) is 10.5. The fraction of sp³-hybridized carbons (Fsp3) is 0.818. The van der Waals surface area contributed by atoms with Gasteiger partial charge < -0.3 is 10.5 Å². The second kappa shape index (κ2) is 5.70. The monoisotopic (exact) mass is 243 g/mol. The van der Waals surface area contributed by atoms with Crippen molar-refractivity contribution in [2.24, 2.45) is 5.73 Å². The van der Waals surface area contributed by atoms with Gasteiger partial charge in [-0.3, -0.25) is 0 Å². The molecule has 5 heteroatoms. The van der Waals surface area contributed by atoms with E-state index in [0.29, 0.717) is 6.61 Å². The lowest BCUT2D eigenvalue weighted by Crippen LogP contribution is -2.22. The van der Waals surface area contributed by atoms with Gasteiger partial charge in [0, 0.05) is 12.0 Å². The van der Waals surface area contributed by atoms with E-state index in [-0.39, 0.29) is 11.5 Å². The van der Waals surface area contributed by atoms with Crippen LogP contribution in [0.2, 0.25) is 0 Å². The van der Waals surface area contributed by atoms with E-state index in [1.807, 2.05) is 0 Å². The number of hydrogen-bond acceptors (Lipinski definition) is 5. The van der Waals surface area contributed by atoms with Gasteiger partial charge in [0.15, 0.2) is 0 Å². The van der Waals surface area contributed by atoms with Gasteiger partial charge in [-0.25, -0.2) is 0 Å². The molecule has 1 rings (SSSR count). The van der Waals surface area contributed by atoms with Gasteiger partial charge in [-0.05, 0) is 18.0 Å². The third-order valence-corrected chi connectivity index (χ3v) is 3.06. The maximum Gasteiger partial charge on any atom is 0.0857 e. The molecule has 1 unspecified atom stereocenters. The Morgan fingerprint density at radius 3 is 2.69 bits per heavy atom. The predicted molar refractivity (Wildman–Crippen MR) is 66.6 cm³/mol. The quantitative estimate of drug-likeness (QED) is 0.806. The molecule has 0 fully saturated rings. The molecular formula is C11H21N3OS. The van der Waals surface area contributed by atoms with Gasteiger partial charge in [-0.2, -0.15) is 0 Å². The van der Waals surface area contributed by atoms with Crippen molar-refractivity contribution in [1.82, 2.24) is 9.59 Å². The summed E-state index contributed by atoms with van der Waals surface area (Å²) in [5, 5.41) is 4.17. The predicted octanol–water partition coefficient (Wildman–Crippen LogP) is 2.26. The van der Waals surface area contributed by atoms with Gasteiger partial charge in [0.1, 0.15) is 0 Å². The first kappa shape index (κ1) is 13.5. The molecule has 1 atom stereocenters. The number of hydrogen-bond donors (Lipinski definition) is 1. The van der Waals surface area contributed by atoms with Crippen LogP contribution in [-0.2, 0) is 10.2 Å². The molecule has 0 saturated carbocycles. The summed E-state index contributed by atoms with van der Waals surface area (Å²) in [6.07, 6.45) is 1.01. The Labute approximate surface area is 101 Å². The lowest BCUT2D eigenvalue weighted by atomic mass is 9.90. The molecule has 1 aromatic heterocycles. The Morgan fingerprint density at radius 1 is 1.44 bits per heavy atom. The molecule has 0 spiro atoms. The highest BCUT2D eigenvalue weighted by atomic mass is 32.1. The summed E-state index contributed by atoms with van der Waals surface area (Å²) in [6.45, 7) is 9.73. The Morgan fingerprint density at radius 2 is 2.12 bits per heavy atom. The van der Waals surface area contributed by atoms with Crippen LogP contribution in [-0.4, -0.2) is 22.8 Å². The Balaban J connectivity index is 2.68. The lowest BCUT2D eigenvalue weighted by Gasteiger charge is -2.19. The van der Waals surface area contributed by atoms with Crippen LogP contribution < -0.4 is 5.73 Å². The van der Waals surface area contributed by atoms with E-state index < -0.39 is 0 Å².